The fraction of sp³-hybridized carbons (Fsp3) is 1.00. The normalized spacial score (nSPS) is 16.3. The van der Waals surface area contributed by atoms with Gasteiger partial charge in [-0.25, -0.2) is 0 Å². The first-order valence-electron chi connectivity index (χ1n) is 7.09. The number of hydrogen-bond donors (Lipinski definition) is 1. The molecule has 1 rings (SSSR count). The number of hydrogen-bond acceptors (Lipinski definition) is 2. The summed E-state index contributed by atoms with van der Waals surface area (Å²) >= 11 is 4.25. The Hall–Kier alpha value is 0.310. The Morgan fingerprint density at radius 2 is 1.75 bits per heavy atom. The molecule has 0 atom stereocenters. The third-order valence-corrected chi connectivity index (χ3v) is 3.73. The minimum Gasteiger partial charge on any atom is -0.300 e. The smallest absolute Gasteiger partial charge is 0.00964 e. The molecule has 0 aromatic carbocycles. The zero-order valence-electron chi connectivity index (χ0n) is 11.1. The Balaban J connectivity index is 2.04. The predicted molar refractivity (Wildman–Crippen MR) is 76.4 cm³/mol. The first kappa shape index (κ1) is 14.4. The van der Waals surface area contributed by atoms with E-state index in [1.54, 1.807) is 0 Å². The second-order valence-electron chi connectivity index (χ2n) is 5.59. The van der Waals surface area contributed by atoms with Crippen LogP contribution in [-0.2, 0) is 0 Å². The lowest BCUT2D eigenvalue weighted by atomic mass is 10.1. The highest BCUT2D eigenvalue weighted by atomic mass is 32.1. The van der Waals surface area contributed by atoms with Crippen LogP contribution in [0, 0.1) is 5.92 Å². The number of thiol groups is 1. The molecule has 1 nitrogen and oxygen atoms in total. The fourth-order valence-electron chi connectivity index (χ4n) is 2.12. The average Bonchev–Trinajstić information content (AvgIpc) is 3.05. The van der Waals surface area contributed by atoms with Crippen molar-refractivity contribution in [2.75, 3.05) is 18.8 Å². The van der Waals surface area contributed by atoms with Crippen molar-refractivity contribution in [3.05, 3.63) is 0 Å². The van der Waals surface area contributed by atoms with Crippen molar-refractivity contribution in [3.8, 4) is 0 Å². The summed E-state index contributed by atoms with van der Waals surface area (Å²) in [5.41, 5.74) is 0. The van der Waals surface area contributed by atoms with Gasteiger partial charge in [0, 0.05) is 6.04 Å². The third kappa shape index (κ3) is 6.80. The van der Waals surface area contributed by atoms with Crippen LogP contribution in [0.3, 0.4) is 0 Å². The molecule has 0 spiro atoms. The zero-order chi connectivity index (χ0) is 11.8. The van der Waals surface area contributed by atoms with E-state index in [9.17, 15) is 0 Å². The van der Waals surface area contributed by atoms with Crippen molar-refractivity contribution in [2.24, 2.45) is 5.92 Å². The average molecular weight is 243 g/mol. The van der Waals surface area contributed by atoms with Crippen LogP contribution in [-0.4, -0.2) is 29.8 Å². The second kappa shape index (κ2) is 8.41. The van der Waals surface area contributed by atoms with Gasteiger partial charge in [-0.2, -0.15) is 12.6 Å². The first-order chi connectivity index (χ1) is 7.74. The molecule has 1 aliphatic carbocycles. The molecule has 1 fully saturated rings. The highest BCUT2D eigenvalue weighted by Crippen LogP contribution is 2.27. The van der Waals surface area contributed by atoms with Gasteiger partial charge in [0.15, 0.2) is 0 Å². The Bertz CT molecular complexity index is 166. The summed E-state index contributed by atoms with van der Waals surface area (Å²) in [7, 11) is 0. The summed E-state index contributed by atoms with van der Waals surface area (Å²) < 4.78 is 0. The molecule has 96 valence electrons. The molecule has 0 aliphatic heterocycles. The summed E-state index contributed by atoms with van der Waals surface area (Å²) in [5, 5.41) is 0. The van der Waals surface area contributed by atoms with Gasteiger partial charge in [-0.15, -0.1) is 0 Å². The van der Waals surface area contributed by atoms with Crippen LogP contribution >= 0.6 is 12.6 Å². The van der Waals surface area contributed by atoms with Crippen LogP contribution < -0.4 is 0 Å². The largest absolute Gasteiger partial charge is 0.300 e. The van der Waals surface area contributed by atoms with Gasteiger partial charge in [-0.1, -0.05) is 26.7 Å². The molecule has 0 aromatic heterocycles. The maximum absolute atomic E-state index is 4.25. The quantitative estimate of drug-likeness (QED) is 0.448. The van der Waals surface area contributed by atoms with E-state index in [4.69, 9.17) is 0 Å². The molecular weight excluding hydrogens is 214 g/mol. The number of rotatable bonds is 10. The molecule has 0 unspecified atom stereocenters. The van der Waals surface area contributed by atoms with Crippen molar-refractivity contribution < 1.29 is 0 Å². The lowest BCUT2D eigenvalue weighted by Crippen LogP contribution is -2.29. The van der Waals surface area contributed by atoms with Gasteiger partial charge < -0.3 is 4.90 Å². The van der Waals surface area contributed by atoms with E-state index in [1.165, 1.54) is 58.0 Å². The third-order valence-electron chi connectivity index (χ3n) is 3.41. The van der Waals surface area contributed by atoms with Crippen molar-refractivity contribution in [1.29, 1.82) is 0 Å². The van der Waals surface area contributed by atoms with Crippen LogP contribution in [0.4, 0.5) is 0 Å². The summed E-state index contributed by atoms with van der Waals surface area (Å²) in [6.07, 6.45) is 9.72. The predicted octanol–water partition coefficient (Wildman–Crippen LogP) is 3.99. The Morgan fingerprint density at radius 3 is 2.31 bits per heavy atom. The van der Waals surface area contributed by atoms with E-state index < -0.39 is 0 Å². The molecule has 0 aromatic rings. The van der Waals surface area contributed by atoms with E-state index in [1.807, 2.05) is 0 Å². The van der Waals surface area contributed by atoms with Crippen LogP contribution in [0.5, 0.6) is 0 Å². The zero-order valence-corrected chi connectivity index (χ0v) is 12.0. The molecule has 0 N–H and O–H groups in total. The lowest BCUT2D eigenvalue weighted by molar-refractivity contribution is 0.242. The highest BCUT2D eigenvalue weighted by molar-refractivity contribution is 7.80. The Labute approximate surface area is 107 Å². The maximum Gasteiger partial charge on any atom is 0.00964 e. The van der Waals surface area contributed by atoms with Gasteiger partial charge in [0.1, 0.15) is 0 Å². The topological polar surface area (TPSA) is 3.24 Å². The molecule has 0 heterocycles. The molecule has 0 amide bonds. The molecule has 0 saturated heterocycles. The lowest BCUT2D eigenvalue weighted by Gasteiger charge is -2.22. The van der Waals surface area contributed by atoms with E-state index in [-0.39, 0.29) is 0 Å². The highest BCUT2D eigenvalue weighted by Gasteiger charge is 2.27. The molecule has 0 radical (unpaired) electrons. The van der Waals surface area contributed by atoms with Gasteiger partial charge in [0.2, 0.25) is 0 Å². The maximum atomic E-state index is 4.25. The van der Waals surface area contributed by atoms with Crippen LogP contribution in [0.15, 0.2) is 0 Å². The molecule has 0 bridgehead atoms. The summed E-state index contributed by atoms with van der Waals surface area (Å²) in [6, 6.07) is 0.948. The molecule has 16 heavy (non-hydrogen) atoms. The van der Waals surface area contributed by atoms with Gasteiger partial charge in [-0.05, 0) is 56.9 Å². The van der Waals surface area contributed by atoms with E-state index in [2.05, 4.69) is 31.4 Å². The van der Waals surface area contributed by atoms with Crippen LogP contribution in [0.1, 0.15) is 58.8 Å². The van der Waals surface area contributed by atoms with Gasteiger partial charge in [-0.3, -0.25) is 0 Å². The van der Waals surface area contributed by atoms with Crippen LogP contribution in [0.2, 0.25) is 0 Å². The second-order valence-corrected chi connectivity index (χ2v) is 6.03. The summed E-state index contributed by atoms with van der Waals surface area (Å²) in [6.45, 7) is 7.33. The molecule has 1 saturated carbocycles. The van der Waals surface area contributed by atoms with Crippen molar-refractivity contribution in [1.82, 2.24) is 4.90 Å². The first-order valence-corrected chi connectivity index (χ1v) is 7.72. The van der Waals surface area contributed by atoms with E-state index in [0.29, 0.717) is 0 Å². The minimum absolute atomic E-state index is 0.852. The molecule has 2 heteroatoms. The van der Waals surface area contributed by atoms with Gasteiger partial charge >= 0.3 is 0 Å². The number of nitrogens with zero attached hydrogens (tertiary/aromatic N) is 1. The standard InChI is InChI=1S/C14H29NS/c1-13(2)9-11-15(14-7-8-14)10-5-3-4-6-12-16/h13-14,16H,3-12H2,1-2H3. The van der Waals surface area contributed by atoms with E-state index >= 15 is 0 Å². The van der Waals surface area contributed by atoms with E-state index in [0.717, 1.165) is 17.7 Å². The Morgan fingerprint density at radius 1 is 1.06 bits per heavy atom. The van der Waals surface area contributed by atoms with Crippen molar-refractivity contribution >= 4 is 12.6 Å². The monoisotopic (exact) mass is 243 g/mol. The van der Waals surface area contributed by atoms with Crippen molar-refractivity contribution in [3.63, 3.8) is 0 Å². The minimum atomic E-state index is 0.852. The molecule has 1 aliphatic rings. The van der Waals surface area contributed by atoms with Gasteiger partial charge in [0.25, 0.3) is 0 Å². The Kier molecular flexibility index (Phi) is 7.55. The molecular formula is C14H29NS. The summed E-state index contributed by atoms with van der Waals surface area (Å²) in [5.74, 6) is 1.91. The van der Waals surface area contributed by atoms with Crippen LogP contribution in [0.25, 0.3) is 0 Å². The van der Waals surface area contributed by atoms with Crippen molar-refractivity contribution in [2.45, 2.75) is 64.8 Å². The number of unbranched alkanes of at least 4 members (excludes halogenated alkanes) is 3. The summed E-state index contributed by atoms with van der Waals surface area (Å²) in [4.78, 5) is 2.74. The SMILES string of the molecule is CC(C)CCN(CCCCCCS)C1CC1. The van der Waals surface area contributed by atoms with Gasteiger partial charge in [0.05, 0.1) is 0 Å². The fourth-order valence-corrected chi connectivity index (χ4v) is 2.34.